The fourth-order valence-corrected chi connectivity index (χ4v) is 1.76. The summed E-state index contributed by atoms with van der Waals surface area (Å²) in [6.07, 6.45) is 3.46. The molecule has 84 valence electrons. The number of anilines is 1. The number of rotatable bonds is 4. The summed E-state index contributed by atoms with van der Waals surface area (Å²) in [6.45, 7) is 1.47. The Morgan fingerprint density at radius 2 is 2.25 bits per heavy atom. The molecular weight excluding hydrogens is 224 g/mol. The number of nitrogens with zero attached hydrogens (tertiary/aromatic N) is 1. The van der Waals surface area contributed by atoms with Crippen molar-refractivity contribution in [1.29, 1.82) is 0 Å². The molecule has 1 aromatic carbocycles. The van der Waals surface area contributed by atoms with Crippen molar-refractivity contribution in [3.05, 3.63) is 35.6 Å². The lowest BCUT2D eigenvalue weighted by atomic mass is 10.1. The Kier molecular flexibility index (Phi) is 3.59. The van der Waals surface area contributed by atoms with Gasteiger partial charge in [0.1, 0.15) is 0 Å². The van der Waals surface area contributed by atoms with Crippen LogP contribution in [0.15, 0.2) is 30.6 Å². The largest absolute Gasteiger partial charge is 0.383 e. The third-order valence-corrected chi connectivity index (χ3v) is 2.65. The van der Waals surface area contributed by atoms with Crippen molar-refractivity contribution < 1.29 is 4.74 Å². The van der Waals surface area contributed by atoms with Crippen LogP contribution in [0.3, 0.4) is 0 Å². The maximum Gasteiger partial charge on any atom is 0.0668 e. The molecule has 2 rings (SSSR count). The van der Waals surface area contributed by atoms with Gasteiger partial charge in [-0.1, -0.05) is 17.7 Å². The van der Waals surface area contributed by atoms with Gasteiger partial charge in [0, 0.05) is 42.5 Å². The number of aromatic nitrogens is 1. The molecule has 0 bridgehead atoms. The molecule has 1 N–H and O–H groups in total. The van der Waals surface area contributed by atoms with Crippen LogP contribution < -0.4 is 5.32 Å². The van der Waals surface area contributed by atoms with Crippen LogP contribution in [0.4, 0.5) is 5.69 Å². The Morgan fingerprint density at radius 1 is 1.38 bits per heavy atom. The van der Waals surface area contributed by atoms with E-state index in [0.717, 1.165) is 23.0 Å². The van der Waals surface area contributed by atoms with Crippen LogP contribution in [0.5, 0.6) is 0 Å². The number of fused-ring (bicyclic) bond motifs is 1. The average molecular weight is 237 g/mol. The Labute approximate surface area is 99.4 Å². The van der Waals surface area contributed by atoms with E-state index in [9.17, 15) is 0 Å². The molecular formula is C12H13ClN2O. The van der Waals surface area contributed by atoms with Gasteiger partial charge in [-0.25, -0.2) is 0 Å². The van der Waals surface area contributed by atoms with Crippen LogP contribution in [0.25, 0.3) is 10.8 Å². The first-order chi connectivity index (χ1) is 7.81. The van der Waals surface area contributed by atoms with E-state index in [1.807, 2.05) is 18.2 Å². The summed E-state index contributed by atoms with van der Waals surface area (Å²) in [5, 5.41) is 5.99. The molecule has 0 spiro atoms. The molecule has 0 aliphatic carbocycles. The standard InChI is InChI=1S/C12H13ClN2O/c1-16-5-4-15-10-3-2-9-7-14-8-12(13)11(9)6-10/h2-3,6-8,15H,4-5H2,1H3. The first-order valence-corrected chi connectivity index (χ1v) is 5.45. The molecule has 1 aromatic heterocycles. The van der Waals surface area contributed by atoms with E-state index in [2.05, 4.69) is 10.3 Å². The van der Waals surface area contributed by atoms with Gasteiger partial charge in [0.25, 0.3) is 0 Å². The second-order valence-electron chi connectivity index (χ2n) is 3.48. The molecule has 0 radical (unpaired) electrons. The summed E-state index contributed by atoms with van der Waals surface area (Å²) < 4.78 is 4.98. The highest BCUT2D eigenvalue weighted by Crippen LogP contribution is 2.24. The van der Waals surface area contributed by atoms with Gasteiger partial charge in [-0.05, 0) is 12.1 Å². The molecule has 0 atom stereocenters. The summed E-state index contributed by atoms with van der Waals surface area (Å²) in [5.74, 6) is 0. The molecule has 0 aliphatic rings. The summed E-state index contributed by atoms with van der Waals surface area (Å²) in [7, 11) is 1.69. The normalized spacial score (nSPS) is 10.6. The molecule has 0 saturated carbocycles. The second kappa shape index (κ2) is 5.14. The minimum atomic E-state index is 0.674. The number of nitrogens with one attached hydrogen (secondary N) is 1. The van der Waals surface area contributed by atoms with E-state index in [0.29, 0.717) is 11.6 Å². The summed E-state index contributed by atoms with van der Waals surface area (Å²) in [6, 6.07) is 6.04. The molecule has 0 aliphatic heterocycles. The zero-order chi connectivity index (χ0) is 11.4. The third-order valence-electron chi connectivity index (χ3n) is 2.35. The first kappa shape index (κ1) is 11.2. The fraction of sp³-hybridized carbons (Fsp3) is 0.250. The van der Waals surface area contributed by atoms with E-state index in [-0.39, 0.29) is 0 Å². The van der Waals surface area contributed by atoms with E-state index in [4.69, 9.17) is 16.3 Å². The van der Waals surface area contributed by atoms with Crippen molar-refractivity contribution in [3.8, 4) is 0 Å². The molecule has 4 heteroatoms. The van der Waals surface area contributed by atoms with Gasteiger partial charge in [0.05, 0.1) is 11.6 Å². The number of hydrogen-bond donors (Lipinski definition) is 1. The van der Waals surface area contributed by atoms with Gasteiger partial charge >= 0.3 is 0 Å². The Morgan fingerprint density at radius 3 is 3.06 bits per heavy atom. The van der Waals surface area contributed by atoms with E-state index in [1.165, 1.54) is 0 Å². The second-order valence-corrected chi connectivity index (χ2v) is 3.88. The summed E-state index contributed by atoms with van der Waals surface area (Å²) in [5.41, 5.74) is 1.04. The Bertz CT molecular complexity index is 487. The maximum atomic E-state index is 6.08. The number of methoxy groups -OCH3 is 1. The van der Waals surface area contributed by atoms with Crippen LogP contribution in [0, 0.1) is 0 Å². The zero-order valence-corrected chi connectivity index (χ0v) is 9.79. The highest BCUT2D eigenvalue weighted by molar-refractivity contribution is 6.35. The van der Waals surface area contributed by atoms with Gasteiger partial charge in [-0.15, -0.1) is 0 Å². The van der Waals surface area contributed by atoms with Crippen LogP contribution in [0.2, 0.25) is 5.02 Å². The van der Waals surface area contributed by atoms with Crippen LogP contribution in [-0.2, 0) is 4.74 Å². The van der Waals surface area contributed by atoms with Gasteiger partial charge < -0.3 is 10.1 Å². The molecule has 3 nitrogen and oxygen atoms in total. The van der Waals surface area contributed by atoms with Crippen LogP contribution in [-0.4, -0.2) is 25.2 Å². The molecule has 1 heterocycles. The van der Waals surface area contributed by atoms with Crippen molar-refractivity contribution in [2.24, 2.45) is 0 Å². The lowest BCUT2D eigenvalue weighted by Crippen LogP contribution is -2.07. The lowest BCUT2D eigenvalue weighted by molar-refractivity contribution is 0.211. The highest BCUT2D eigenvalue weighted by atomic mass is 35.5. The predicted octanol–water partition coefficient (Wildman–Crippen LogP) is 2.95. The van der Waals surface area contributed by atoms with E-state index in [1.54, 1.807) is 19.5 Å². The number of halogens is 1. The minimum absolute atomic E-state index is 0.674. The molecule has 0 saturated heterocycles. The Hall–Kier alpha value is -1.32. The molecule has 16 heavy (non-hydrogen) atoms. The number of ether oxygens (including phenoxy) is 1. The number of benzene rings is 1. The van der Waals surface area contributed by atoms with E-state index >= 15 is 0 Å². The monoisotopic (exact) mass is 236 g/mol. The van der Waals surface area contributed by atoms with E-state index < -0.39 is 0 Å². The molecule has 0 fully saturated rings. The predicted molar refractivity (Wildman–Crippen MR) is 67.1 cm³/mol. The molecule has 0 unspecified atom stereocenters. The SMILES string of the molecule is COCCNc1ccc2cncc(Cl)c2c1. The van der Waals surface area contributed by atoms with Gasteiger partial charge in [-0.3, -0.25) is 4.98 Å². The highest BCUT2D eigenvalue weighted by Gasteiger charge is 2.00. The first-order valence-electron chi connectivity index (χ1n) is 5.07. The van der Waals surface area contributed by atoms with Crippen molar-refractivity contribution in [1.82, 2.24) is 4.98 Å². The zero-order valence-electron chi connectivity index (χ0n) is 9.03. The number of pyridine rings is 1. The van der Waals surface area contributed by atoms with Gasteiger partial charge in [0.15, 0.2) is 0 Å². The summed E-state index contributed by atoms with van der Waals surface area (Å²) >= 11 is 6.08. The summed E-state index contributed by atoms with van der Waals surface area (Å²) in [4.78, 5) is 4.05. The van der Waals surface area contributed by atoms with Gasteiger partial charge in [0.2, 0.25) is 0 Å². The van der Waals surface area contributed by atoms with Crippen LogP contribution in [0.1, 0.15) is 0 Å². The number of hydrogen-bond acceptors (Lipinski definition) is 3. The lowest BCUT2D eigenvalue weighted by Gasteiger charge is -2.07. The molecule has 2 aromatic rings. The Balaban J connectivity index is 2.25. The van der Waals surface area contributed by atoms with Crippen molar-refractivity contribution >= 4 is 28.1 Å². The maximum absolute atomic E-state index is 6.08. The van der Waals surface area contributed by atoms with Crippen LogP contribution >= 0.6 is 11.6 Å². The van der Waals surface area contributed by atoms with Crippen molar-refractivity contribution in [3.63, 3.8) is 0 Å². The van der Waals surface area contributed by atoms with Crippen molar-refractivity contribution in [2.45, 2.75) is 0 Å². The smallest absolute Gasteiger partial charge is 0.0668 e. The third kappa shape index (κ3) is 2.43. The minimum Gasteiger partial charge on any atom is -0.383 e. The van der Waals surface area contributed by atoms with Gasteiger partial charge in [-0.2, -0.15) is 0 Å². The topological polar surface area (TPSA) is 34.1 Å². The molecule has 0 amide bonds. The fourth-order valence-electron chi connectivity index (χ4n) is 1.54. The van der Waals surface area contributed by atoms with Crippen molar-refractivity contribution in [2.75, 3.05) is 25.6 Å². The average Bonchev–Trinajstić information content (AvgIpc) is 2.30. The quantitative estimate of drug-likeness (QED) is 0.829.